The maximum atomic E-state index is 13.0. The molecule has 174 valence electrons. The van der Waals surface area contributed by atoms with Crippen LogP contribution in [0.1, 0.15) is 30.9 Å². The first kappa shape index (κ1) is 22.8. The van der Waals surface area contributed by atoms with Crippen LogP contribution in [0.4, 0.5) is 11.4 Å². The van der Waals surface area contributed by atoms with Gasteiger partial charge in [-0.15, -0.1) is 0 Å². The number of carboxylic acids is 1. The topological polar surface area (TPSA) is 114 Å². The Hall–Kier alpha value is -4.33. The molecule has 0 aliphatic heterocycles. The number of aliphatic carboxylic acids is 1. The number of amides is 1. The predicted octanol–water partition coefficient (Wildman–Crippen LogP) is 5.25. The summed E-state index contributed by atoms with van der Waals surface area (Å²) in [6, 6.07) is 22.1. The van der Waals surface area contributed by atoms with E-state index in [9.17, 15) is 9.59 Å². The molecule has 0 spiro atoms. The number of aromatic nitrogens is 1. The fraction of sp³-hybridized carbons (Fsp3) is 0.192. The molecule has 4 aromatic rings. The van der Waals surface area contributed by atoms with Crippen LogP contribution in [0.5, 0.6) is 5.75 Å². The van der Waals surface area contributed by atoms with E-state index in [0.29, 0.717) is 23.4 Å². The Bertz CT molecular complexity index is 1260. The normalized spacial score (nSPS) is 11.6. The molecule has 0 bridgehead atoms. The van der Waals surface area contributed by atoms with Crippen LogP contribution in [-0.4, -0.2) is 28.6 Å². The first-order valence-corrected chi connectivity index (χ1v) is 11.0. The Labute approximate surface area is 196 Å². The lowest BCUT2D eigenvalue weighted by atomic mass is 10.0. The molecule has 0 saturated carbocycles. The van der Waals surface area contributed by atoms with Crippen LogP contribution in [0.3, 0.4) is 0 Å². The SMILES string of the molecule is O=C(O)CCCOc1cccc(NC(=O)CC(Nc2ccccc2)c2ccc3ncoc3c2)c1. The largest absolute Gasteiger partial charge is 0.494 e. The lowest BCUT2D eigenvalue weighted by Crippen LogP contribution is -2.20. The highest BCUT2D eigenvalue weighted by Gasteiger charge is 2.18. The second-order valence-electron chi connectivity index (χ2n) is 7.77. The minimum absolute atomic E-state index is 0.0477. The van der Waals surface area contributed by atoms with Crippen molar-refractivity contribution < 1.29 is 23.8 Å². The number of carbonyl (C=O) groups excluding carboxylic acids is 1. The predicted molar refractivity (Wildman–Crippen MR) is 129 cm³/mol. The number of hydrogen-bond donors (Lipinski definition) is 3. The number of carbonyl (C=O) groups is 2. The van der Waals surface area contributed by atoms with E-state index in [2.05, 4.69) is 15.6 Å². The van der Waals surface area contributed by atoms with E-state index < -0.39 is 5.97 Å². The van der Waals surface area contributed by atoms with Gasteiger partial charge in [-0.05, 0) is 48.4 Å². The number of para-hydroxylation sites is 1. The molecule has 3 N–H and O–H groups in total. The van der Waals surface area contributed by atoms with Crippen LogP contribution in [0, 0.1) is 0 Å². The highest BCUT2D eigenvalue weighted by atomic mass is 16.5. The first-order valence-electron chi connectivity index (χ1n) is 11.0. The summed E-state index contributed by atoms with van der Waals surface area (Å²) in [6.07, 6.45) is 2.04. The fourth-order valence-electron chi connectivity index (χ4n) is 3.55. The Morgan fingerprint density at radius 3 is 2.65 bits per heavy atom. The van der Waals surface area contributed by atoms with Gasteiger partial charge in [0.1, 0.15) is 11.3 Å². The number of oxazole rings is 1. The maximum Gasteiger partial charge on any atom is 0.303 e. The van der Waals surface area contributed by atoms with Gasteiger partial charge in [0.05, 0.1) is 19.1 Å². The maximum absolute atomic E-state index is 13.0. The summed E-state index contributed by atoms with van der Waals surface area (Å²) in [5.41, 5.74) is 3.82. The Morgan fingerprint density at radius 2 is 1.82 bits per heavy atom. The lowest BCUT2D eigenvalue weighted by Gasteiger charge is -2.20. The van der Waals surface area contributed by atoms with Crippen molar-refractivity contribution in [1.82, 2.24) is 4.98 Å². The molecule has 8 nitrogen and oxygen atoms in total. The summed E-state index contributed by atoms with van der Waals surface area (Å²) < 4.78 is 11.0. The van der Waals surface area contributed by atoms with E-state index in [1.165, 1.54) is 6.39 Å². The summed E-state index contributed by atoms with van der Waals surface area (Å²) in [6.45, 7) is 0.289. The van der Waals surface area contributed by atoms with Gasteiger partial charge in [-0.3, -0.25) is 9.59 Å². The Kier molecular flexibility index (Phi) is 7.39. The summed E-state index contributed by atoms with van der Waals surface area (Å²) in [5, 5.41) is 15.1. The molecular formula is C26H25N3O5. The lowest BCUT2D eigenvalue weighted by molar-refractivity contribution is -0.137. The van der Waals surface area contributed by atoms with Crippen molar-refractivity contribution in [3.05, 3.63) is 84.8 Å². The molecule has 3 aromatic carbocycles. The second-order valence-corrected chi connectivity index (χ2v) is 7.77. The van der Waals surface area contributed by atoms with E-state index >= 15 is 0 Å². The monoisotopic (exact) mass is 459 g/mol. The number of carboxylic acid groups (broad SMARTS) is 1. The Balaban J connectivity index is 1.44. The third-order valence-electron chi connectivity index (χ3n) is 5.18. The molecule has 0 aliphatic rings. The molecule has 1 heterocycles. The zero-order valence-corrected chi connectivity index (χ0v) is 18.4. The smallest absolute Gasteiger partial charge is 0.303 e. The van der Waals surface area contributed by atoms with Crippen molar-refractivity contribution >= 4 is 34.4 Å². The van der Waals surface area contributed by atoms with E-state index in [1.807, 2.05) is 48.5 Å². The number of fused-ring (bicyclic) bond motifs is 1. The van der Waals surface area contributed by atoms with Gasteiger partial charge >= 0.3 is 5.97 Å². The number of ether oxygens (including phenoxy) is 1. The third-order valence-corrected chi connectivity index (χ3v) is 5.18. The van der Waals surface area contributed by atoms with Crippen molar-refractivity contribution in [1.29, 1.82) is 0 Å². The average molecular weight is 460 g/mol. The molecule has 0 aliphatic carbocycles. The number of nitrogens with one attached hydrogen (secondary N) is 2. The van der Waals surface area contributed by atoms with Gasteiger partial charge in [-0.2, -0.15) is 0 Å². The first-order chi connectivity index (χ1) is 16.6. The highest BCUT2D eigenvalue weighted by molar-refractivity contribution is 5.91. The molecule has 0 saturated heterocycles. The van der Waals surface area contributed by atoms with Crippen molar-refractivity contribution in [2.75, 3.05) is 17.2 Å². The summed E-state index contributed by atoms with van der Waals surface area (Å²) in [7, 11) is 0. The molecule has 0 radical (unpaired) electrons. The van der Waals surface area contributed by atoms with Crippen LogP contribution in [0.15, 0.2) is 83.6 Å². The molecule has 4 rings (SSSR count). The zero-order valence-electron chi connectivity index (χ0n) is 18.4. The van der Waals surface area contributed by atoms with Crippen LogP contribution in [-0.2, 0) is 9.59 Å². The molecule has 1 amide bonds. The average Bonchev–Trinajstić information content (AvgIpc) is 3.30. The molecule has 0 fully saturated rings. The molecule has 1 unspecified atom stereocenters. The van der Waals surface area contributed by atoms with Crippen molar-refractivity contribution in [3.8, 4) is 5.75 Å². The molecule has 1 aromatic heterocycles. The van der Waals surface area contributed by atoms with Crippen LogP contribution in [0.25, 0.3) is 11.1 Å². The summed E-state index contributed by atoms with van der Waals surface area (Å²) >= 11 is 0. The van der Waals surface area contributed by atoms with Crippen molar-refractivity contribution in [3.63, 3.8) is 0 Å². The third kappa shape index (κ3) is 6.35. The Morgan fingerprint density at radius 1 is 1.00 bits per heavy atom. The molecule has 1 atom stereocenters. The van der Waals surface area contributed by atoms with Gasteiger partial charge in [0.25, 0.3) is 0 Å². The van der Waals surface area contributed by atoms with Crippen LogP contribution < -0.4 is 15.4 Å². The zero-order chi connectivity index (χ0) is 23.8. The minimum atomic E-state index is -0.856. The van der Waals surface area contributed by atoms with E-state index in [0.717, 1.165) is 16.8 Å². The van der Waals surface area contributed by atoms with Crippen LogP contribution in [0.2, 0.25) is 0 Å². The van der Waals surface area contributed by atoms with Crippen LogP contribution >= 0.6 is 0 Å². The van der Waals surface area contributed by atoms with Gasteiger partial charge in [-0.1, -0.05) is 30.3 Å². The molecule has 8 heteroatoms. The minimum Gasteiger partial charge on any atom is -0.494 e. The number of benzene rings is 3. The van der Waals surface area contributed by atoms with Gasteiger partial charge < -0.3 is 24.9 Å². The summed E-state index contributed by atoms with van der Waals surface area (Å²) in [5.74, 6) is -0.460. The van der Waals surface area contributed by atoms with Crippen molar-refractivity contribution in [2.45, 2.75) is 25.3 Å². The highest BCUT2D eigenvalue weighted by Crippen LogP contribution is 2.27. The van der Waals surface area contributed by atoms with E-state index in [-0.39, 0.29) is 31.4 Å². The fourth-order valence-corrected chi connectivity index (χ4v) is 3.55. The quantitative estimate of drug-likeness (QED) is 0.262. The van der Waals surface area contributed by atoms with Gasteiger partial charge in [-0.25, -0.2) is 4.98 Å². The number of nitrogens with zero attached hydrogens (tertiary/aromatic N) is 1. The second kappa shape index (κ2) is 11.0. The van der Waals surface area contributed by atoms with E-state index in [1.54, 1.807) is 24.3 Å². The van der Waals surface area contributed by atoms with Gasteiger partial charge in [0.2, 0.25) is 5.91 Å². The number of anilines is 2. The molecular weight excluding hydrogens is 434 g/mol. The number of rotatable bonds is 11. The van der Waals surface area contributed by atoms with Crippen molar-refractivity contribution in [2.24, 2.45) is 0 Å². The van der Waals surface area contributed by atoms with E-state index in [4.69, 9.17) is 14.3 Å². The van der Waals surface area contributed by atoms with Gasteiger partial charge in [0.15, 0.2) is 12.0 Å². The summed E-state index contributed by atoms with van der Waals surface area (Å²) in [4.78, 5) is 27.7. The standard InChI is InChI=1S/C26H25N3O5/c30-25(29-20-8-4-9-21(15-20)33-13-5-10-26(31)32)16-23(28-19-6-2-1-3-7-19)18-11-12-22-24(14-18)34-17-27-22/h1-4,6-9,11-12,14-15,17,23,28H,5,10,13,16H2,(H,29,30)(H,31,32). The van der Waals surface area contributed by atoms with Gasteiger partial charge in [0, 0.05) is 23.9 Å². The number of hydrogen-bond acceptors (Lipinski definition) is 6. The molecule has 34 heavy (non-hydrogen) atoms.